The van der Waals surface area contributed by atoms with Crippen LogP contribution in [0.2, 0.25) is 0 Å². The Morgan fingerprint density at radius 1 is 0.625 bits per heavy atom. The summed E-state index contributed by atoms with van der Waals surface area (Å²) in [6.07, 6.45) is -24.4. The summed E-state index contributed by atoms with van der Waals surface area (Å²) in [4.78, 5) is 14.5. The summed E-state index contributed by atoms with van der Waals surface area (Å²) in [7, 11) is 0. The van der Waals surface area contributed by atoms with Crippen molar-refractivity contribution in [1.82, 2.24) is 0 Å². The molecule has 14 N–H and O–H groups in total. The van der Waals surface area contributed by atoms with E-state index in [0.29, 0.717) is 44.9 Å². The third-order valence-electron chi connectivity index (χ3n) is 19.4. The molecule has 9 aliphatic rings. The van der Waals surface area contributed by atoms with E-state index in [1.165, 1.54) is 0 Å². The quantitative estimate of drug-likeness (QED) is 0.0582. The van der Waals surface area contributed by atoms with Gasteiger partial charge in [-0.3, -0.25) is 4.79 Å². The molecule has 0 aromatic rings. The number of rotatable bonds is 14. The number of carbonyl (C=O) groups excluding carboxylic acids is 1. The standard InChI is InChI=1S/C49H80O23/c1-21-13-45(2)11-12-48(5)46(3,9-6-10-47(48,4)44(64)72-43-39(62)37(60)33(56)26(17-52)70-43)29(45)8-7-23(21)65-19-28-40(71-42-38(61)36(59)32(55)25(16-51)69-42)22-14-49(41(22)63,30(18-53)68-28)66-20-27-34(57)35(58)31(54)24(15-50)67-27/h22-43,50-63H,1,6-20H2,2-5H3/t22?,23-,24?,25?,26?,27-,28-,29+,30?,31+,32+,33+,34?,35?,36?,37?,38?,39?,40?,41-,42-,43-,45+,46-,47-,48?,49?/m0/s1. The topological polar surface area (TPSA) is 374 Å². The van der Waals surface area contributed by atoms with E-state index >= 15 is 0 Å². The Bertz CT molecular complexity index is 1890. The molecule has 414 valence electrons. The van der Waals surface area contributed by atoms with Gasteiger partial charge in [0.25, 0.3) is 0 Å². The number of hydrogen-bond acceptors (Lipinski definition) is 23. The minimum absolute atomic E-state index is 0.0343. The van der Waals surface area contributed by atoms with Crippen LogP contribution in [0.5, 0.6) is 0 Å². The minimum Gasteiger partial charge on any atom is -0.432 e. The van der Waals surface area contributed by atoms with E-state index in [1.54, 1.807) is 0 Å². The number of carbonyl (C=O) groups is 1. The zero-order valence-electron chi connectivity index (χ0n) is 41.5. The lowest BCUT2D eigenvalue weighted by atomic mass is 9.36. The summed E-state index contributed by atoms with van der Waals surface area (Å²) in [6, 6.07) is 0. The van der Waals surface area contributed by atoms with Crippen molar-refractivity contribution in [1.29, 1.82) is 0 Å². The lowest BCUT2D eigenvalue weighted by Crippen LogP contribution is -2.69. The summed E-state index contributed by atoms with van der Waals surface area (Å²) in [5.41, 5.74) is -3.32. The number of esters is 1. The van der Waals surface area contributed by atoms with Gasteiger partial charge in [-0.2, -0.15) is 0 Å². The van der Waals surface area contributed by atoms with E-state index in [1.807, 2.05) is 6.92 Å². The van der Waals surface area contributed by atoms with E-state index in [0.717, 1.165) is 12.0 Å². The van der Waals surface area contributed by atoms with Crippen molar-refractivity contribution in [2.45, 2.75) is 214 Å². The predicted octanol–water partition coefficient (Wildman–Crippen LogP) is -4.00. The molecule has 4 saturated carbocycles. The summed E-state index contributed by atoms with van der Waals surface area (Å²) < 4.78 is 48.8. The second kappa shape index (κ2) is 21.3. The monoisotopic (exact) mass is 1040 g/mol. The highest BCUT2D eigenvalue weighted by atomic mass is 16.7. The molecule has 72 heavy (non-hydrogen) atoms. The van der Waals surface area contributed by atoms with Gasteiger partial charge in [-0.15, -0.1) is 0 Å². The zero-order valence-corrected chi connectivity index (χ0v) is 41.5. The Labute approximate surface area is 418 Å². The van der Waals surface area contributed by atoms with Gasteiger partial charge in [0.1, 0.15) is 97.2 Å². The molecule has 0 aromatic heterocycles. The fourth-order valence-electron chi connectivity index (χ4n) is 14.5. The molecule has 9 rings (SSSR count). The molecule has 4 aliphatic carbocycles. The molecule has 2 bridgehead atoms. The number of aliphatic hydroxyl groups excluding tert-OH is 14. The first-order chi connectivity index (χ1) is 33.9. The molecule has 14 unspecified atom stereocenters. The van der Waals surface area contributed by atoms with Gasteiger partial charge < -0.3 is 109 Å². The van der Waals surface area contributed by atoms with Crippen LogP contribution < -0.4 is 0 Å². The number of ether oxygens (including phenoxy) is 8. The van der Waals surface area contributed by atoms with Crippen LogP contribution in [0.3, 0.4) is 0 Å². The lowest BCUT2D eigenvalue weighted by Gasteiger charge is -2.68. The molecule has 0 aromatic carbocycles. The van der Waals surface area contributed by atoms with Crippen LogP contribution in [-0.4, -0.2) is 245 Å². The second-order valence-corrected chi connectivity index (χ2v) is 23.1. The Hall–Kier alpha value is -1.63. The van der Waals surface area contributed by atoms with Crippen LogP contribution >= 0.6 is 0 Å². The predicted molar refractivity (Wildman–Crippen MR) is 243 cm³/mol. The van der Waals surface area contributed by atoms with Crippen molar-refractivity contribution in [2.24, 2.45) is 33.5 Å². The van der Waals surface area contributed by atoms with Crippen molar-refractivity contribution in [2.75, 3.05) is 39.6 Å². The Morgan fingerprint density at radius 2 is 1.19 bits per heavy atom. The minimum atomic E-state index is -1.82. The van der Waals surface area contributed by atoms with Gasteiger partial charge in [0.05, 0.1) is 63.4 Å². The van der Waals surface area contributed by atoms with Crippen LogP contribution in [0.1, 0.15) is 85.5 Å². The molecule has 0 radical (unpaired) electrons. The second-order valence-electron chi connectivity index (χ2n) is 23.1. The third-order valence-corrected chi connectivity index (χ3v) is 19.4. The molecule has 23 nitrogen and oxygen atoms in total. The number of aliphatic hydroxyl groups is 14. The SMILES string of the molecule is C=C1C[C@@]2(C)CCC3(C)[C@](C)(C(=O)O[C@@H]4OC(CO)[C@@H](O)C(O)C4O)CCC[C@@]3(C)[C@@H]2CC[C@@H]1OC[C@@H]1OC(CO)C2(OC[C@@H]3OC(CO)[C@@H](O)C(O)C3O)CC(C1O[C@@H]1OC(CO)[C@@H](O)C(O)C1O)[C@@H]2O. The third kappa shape index (κ3) is 9.23. The van der Waals surface area contributed by atoms with E-state index in [9.17, 15) is 76.3 Å². The van der Waals surface area contributed by atoms with Gasteiger partial charge in [0.15, 0.2) is 6.29 Å². The van der Waals surface area contributed by atoms with Crippen molar-refractivity contribution in [3.05, 3.63) is 12.2 Å². The lowest BCUT2D eigenvalue weighted by molar-refractivity contribution is -0.330. The smallest absolute Gasteiger partial charge is 0.314 e. The van der Waals surface area contributed by atoms with E-state index in [-0.39, 0.29) is 24.4 Å². The summed E-state index contributed by atoms with van der Waals surface area (Å²) in [5, 5.41) is 148. The largest absolute Gasteiger partial charge is 0.432 e. The molecule has 5 saturated heterocycles. The Morgan fingerprint density at radius 3 is 1.79 bits per heavy atom. The van der Waals surface area contributed by atoms with Gasteiger partial charge in [-0.05, 0) is 86.0 Å². The molecule has 23 heteroatoms. The molecule has 5 heterocycles. The van der Waals surface area contributed by atoms with Crippen molar-refractivity contribution in [3.63, 3.8) is 0 Å². The number of hydrogen-bond donors (Lipinski definition) is 14. The first kappa shape index (κ1) is 56.6. The summed E-state index contributed by atoms with van der Waals surface area (Å²) >= 11 is 0. The van der Waals surface area contributed by atoms with Crippen LogP contribution in [0, 0.1) is 33.5 Å². The normalized spacial score (nSPS) is 53.8. The maximum absolute atomic E-state index is 14.5. The number of fused-ring (bicyclic) bond motifs is 6. The maximum atomic E-state index is 14.5. The highest BCUT2D eigenvalue weighted by Crippen LogP contribution is 2.73. The van der Waals surface area contributed by atoms with Crippen molar-refractivity contribution < 1.29 is 114 Å². The van der Waals surface area contributed by atoms with Crippen LogP contribution in [0.4, 0.5) is 0 Å². The Kier molecular flexibility index (Phi) is 16.7. The van der Waals surface area contributed by atoms with Crippen LogP contribution in [0.15, 0.2) is 12.2 Å². The fourth-order valence-corrected chi connectivity index (χ4v) is 14.5. The van der Waals surface area contributed by atoms with E-state index < -0.39 is 189 Å². The van der Waals surface area contributed by atoms with Crippen LogP contribution in [0.25, 0.3) is 0 Å². The van der Waals surface area contributed by atoms with Gasteiger partial charge >= 0.3 is 5.97 Å². The molecule has 9 fully saturated rings. The molecular formula is C49H80O23. The first-order valence-electron chi connectivity index (χ1n) is 25.6. The maximum Gasteiger partial charge on any atom is 0.314 e. The van der Waals surface area contributed by atoms with Crippen LogP contribution in [-0.2, 0) is 42.7 Å². The highest BCUT2D eigenvalue weighted by molar-refractivity contribution is 5.78. The highest BCUT2D eigenvalue weighted by Gasteiger charge is 2.70. The molecule has 27 atom stereocenters. The van der Waals surface area contributed by atoms with Gasteiger partial charge in [-0.25, -0.2) is 0 Å². The van der Waals surface area contributed by atoms with Gasteiger partial charge in [-0.1, -0.05) is 33.8 Å². The summed E-state index contributed by atoms with van der Waals surface area (Å²) in [6.45, 7) is 9.46. The van der Waals surface area contributed by atoms with Gasteiger partial charge in [0, 0.05) is 5.92 Å². The van der Waals surface area contributed by atoms with E-state index in [4.69, 9.17) is 37.9 Å². The van der Waals surface area contributed by atoms with Crippen molar-refractivity contribution in [3.8, 4) is 0 Å². The van der Waals surface area contributed by atoms with Gasteiger partial charge in [0.2, 0.25) is 6.29 Å². The Balaban J connectivity index is 1.01. The van der Waals surface area contributed by atoms with Crippen molar-refractivity contribution >= 4 is 5.97 Å². The first-order valence-corrected chi connectivity index (χ1v) is 25.6. The average Bonchev–Trinajstić information content (AvgIpc) is 3.62. The zero-order chi connectivity index (χ0) is 52.6. The molecular weight excluding hydrogens is 957 g/mol. The average molecular weight is 1040 g/mol. The fraction of sp³-hybridized carbons (Fsp3) is 0.939. The molecule has 5 aliphatic heterocycles. The molecule has 0 amide bonds. The molecule has 0 spiro atoms. The summed E-state index contributed by atoms with van der Waals surface area (Å²) in [5.74, 6) is -1.45. The van der Waals surface area contributed by atoms with E-state index in [2.05, 4.69) is 27.4 Å².